The third-order valence-corrected chi connectivity index (χ3v) is 8.82. The number of likely N-dealkylation sites (N-methyl/N-ethyl adjacent to an activating group) is 1. The van der Waals surface area contributed by atoms with Gasteiger partial charge in [0.25, 0.3) is 5.91 Å². The van der Waals surface area contributed by atoms with E-state index in [9.17, 15) is 22.4 Å². The van der Waals surface area contributed by atoms with Crippen molar-refractivity contribution in [3.8, 4) is 0 Å². The second-order valence-corrected chi connectivity index (χ2v) is 12.2. The lowest BCUT2D eigenvalue weighted by Crippen LogP contribution is -2.56. The van der Waals surface area contributed by atoms with E-state index in [-0.39, 0.29) is 30.7 Å². The molecule has 0 radical (unpaired) electrons. The summed E-state index contributed by atoms with van der Waals surface area (Å²) < 4.78 is 38.3. The van der Waals surface area contributed by atoms with Gasteiger partial charge in [-0.05, 0) is 62.1 Å². The van der Waals surface area contributed by atoms with Gasteiger partial charge in [0, 0.05) is 50.7 Å². The minimum Gasteiger partial charge on any atom is -0.338 e. The normalized spacial score (nSPS) is 20.7. The highest BCUT2D eigenvalue weighted by molar-refractivity contribution is 7.88. The molecule has 0 spiro atoms. The van der Waals surface area contributed by atoms with Crippen molar-refractivity contribution in [2.45, 2.75) is 43.7 Å². The molecule has 10 heteroatoms. The second kappa shape index (κ2) is 12.4. The Hall–Kier alpha value is -2.82. The number of nitrogens with zero attached hydrogens (tertiary/aromatic N) is 3. The first-order chi connectivity index (χ1) is 18.1. The molecule has 2 fully saturated rings. The highest BCUT2D eigenvalue weighted by Gasteiger charge is 2.38. The Kier molecular flexibility index (Phi) is 9.17. The van der Waals surface area contributed by atoms with Gasteiger partial charge in [-0.3, -0.25) is 9.59 Å². The van der Waals surface area contributed by atoms with Crippen molar-refractivity contribution in [2.75, 3.05) is 46.0 Å². The van der Waals surface area contributed by atoms with Crippen molar-refractivity contribution in [2.24, 2.45) is 0 Å². The Morgan fingerprint density at radius 3 is 2.32 bits per heavy atom. The van der Waals surface area contributed by atoms with Gasteiger partial charge in [-0.2, -0.15) is 4.31 Å². The first kappa shape index (κ1) is 28.2. The number of rotatable bonds is 11. The molecule has 38 heavy (non-hydrogen) atoms. The van der Waals surface area contributed by atoms with Gasteiger partial charge in [-0.25, -0.2) is 12.8 Å². The van der Waals surface area contributed by atoms with Gasteiger partial charge in [-0.15, -0.1) is 0 Å². The predicted molar refractivity (Wildman–Crippen MR) is 145 cm³/mol. The summed E-state index contributed by atoms with van der Waals surface area (Å²) in [5, 5.41) is 3.55. The summed E-state index contributed by atoms with van der Waals surface area (Å²) in [7, 11) is -1.63. The highest BCUT2D eigenvalue weighted by atomic mass is 32.2. The monoisotopic (exact) mass is 544 g/mol. The van der Waals surface area contributed by atoms with Crippen LogP contribution in [0, 0.1) is 5.82 Å². The van der Waals surface area contributed by atoms with Gasteiger partial charge in [0.05, 0.1) is 6.26 Å². The van der Waals surface area contributed by atoms with Crippen LogP contribution in [0.2, 0.25) is 0 Å². The Morgan fingerprint density at radius 2 is 1.68 bits per heavy atom. The molecule has 8 nitrogen and oxygen atoms in total. The predicted octanol–water partition coefficient (Wildman–Crippen LogP) is 2.69. The smallest absolute Gasteiger partial charge is 0.254 e. The quantitative estimate of drug-likeness (QED) is 0.440. The number of piperazine rings is 1. The van der Waals surface area contributed by atoms with E-state index in [2.05, 4.69) is 5.32 Å². The number of amides is 2. The summed E-state index contributed by atoms with van der Waals surface area (Å²) in [6, 6.07) is 15.3. The van der Waals surface area contributed by atoms with Gasteiger partial charge in [0.1, 0.15) is 11.9 Å². The Morgan fingerprint density at radius 1 is 1.03 bits per heavy atom. The van der Waals surface area contributed by atoms with Crippen molar-refractivity contribution in [1.29, 1.82) is 0 Å². The van der Waals surface area contributed by atoms with E-state index in [0.717, 1.165) is 31.4 Å². The molecular weight excluding hydrogens is 507 g/mol. The molecule has 0 bridgehead atoms. The summed E-state index contributed by atoms with van der Waals surface area (Å²) in [5.41, 5.74) is 1.67. The maximum absolute atomic E-state index is 13.6. The molecule has 1 saturated heterocycles. The van der Waals surface area contributed by atoms with Crippen LogP contribution in [-0.2, 0) is 14.8 Å². The molecule has 4 rings (SSSR count). The number of unbranched alkanes of at least 4 members (excludes halogenated alkanes) is 1. The zero-order valence-electron chi connectivity index (χ0n) is 22.1. The molecule has 3 atom stereocenters. The third-order valence-electron chi connectivity index (χ3n) is 7.51. The van der Waals surface area contributed by atoms with E-state index >= 15 is 0 Å². The van der Waals surface area contributed by atoms with Crippen LogP contribution < -0.4 is 5.32 Å². The lowest BCUT2D eigenvalue weighted by molar-refractivity contribution is -0.137. The van der Waals surface area contributed by atoms with Crippen molar-refractivity contribution >= 4 is 21.8 Å². The summed E-state index contributed by atoms with van der Waals surface area (Å²) >= 11 is 0. The number of sulfonamides is 1. The number of hydrogen-bond acceptors (Lipinski definition) is 5. The van der Waals surface area contributed by atoms with Gasteiger partial charge < -0.3 is 15.1 Å². The number of carbonyl (C=O) groups is 2. The van der Waals surface area contributed by atoms with Crippen molar-refractivity contribution < 1.29 is 22.4 Å². The second-order valence-electron chi connectivity index (χ2n) is 10.2. The van der Waals surface area contributed by atoms with E-state index in [1.165, 1.54) is 27.6 Å². The maximum Gasteiger partial charge on any atom is 0.254 e. The SMILES string of the molecule is CN(C(=O)c1ccccc1)[C@@H](CCCCNC1C[C@H]1c1ccc(F)cc1)C(=O)N1CCN(S(C)(=O)=O)CC1. The number of benzene rings is 2. The summed E-state index contributed by atoms with van der Waals surface area (Å²) in [4.78, 5) is 29.9. The first-order valence-corrected chi connectivity index (χ1v) is 15.0. The molecule has 206 valence electrons. The van der Waals surface area contributed by atoms with E-state index in [0.29, 0.717) is 37.0 Å². The van der Waals surface area contributed by atoms with E-state index in [1.807, 2.05) is 18.2 Å². The highest BCUT2D eigenvalue weighted by Crippen LogP contribution is 2.40. The number of halogens is 1. The zero-order valence-corrected chi connectivity index (χ0v) is 22.9. The Balaban J connectivity index is 1.31. The fourth-order valence-electron chi connectivity index (χ4n) is 5.11. The molecule has 1 unspecified atom stereocenters. The standard InChI is InChI=1S/C28H37FN4O4S/c1-31(27(34)22-8-4-3-5-9-22)26(28(35)32-16-18-33(19-17-32)38(2,36)37)10-6-7-15-30-25-20-24(25)21-11-13-23(29)14-12-21/h3-5,8-9,11-14,24-26,30H,6-7,10,15-20H2,1-2H3/t24-,25?,26-/m0/s1. The first-order valence-electron chi connectivity index (χ1n) is 13.2. The molecular formula is C28H37FN4O4S. The van der Waals surface area contributed by atoms with Crippen LogP contribution >= 0.6 is 0 Å². The topological polar surface area (TPSA) is 90.0 Å². The molecule has 1 aliphatic heterocycles. The number of hydrogen-bond donors (Lipinski definition) is 1. The molecule has 1 heterocycles. The van der Waals surface area contributed by atoms with Crippen LogP contribution in [0.4, 0.5) is 4.39 Å². The Labute approximate surface area is 224 Å². The van der Waals surface area contributed by atoms with Crippen LogP contribution in [0.25, 0.3) is 0 Å². The minimum absolute atomic E-state index is 0.142. The number of nitrogens with one attached hydrogen (secondary N) is 1. The van der Waals surface area contributed by atoms with Crippen molar-refractivity contribution in [1.82, 2.24) is 19.4 Å². The molecule has 1 saturated carbocycles. The van der Waals surface area contributed by atoms with Crippen molar-refractivity contribution in [3.63, 3.8) is 0 Å². The summed E-state index contributed by atoms with van der Waals surface area (Å²) in [5.74, 6) is -0.172. The van der Waals surface area contributed by atoms with Gasteiger partial charge in [-0.1, -0.05) is 30.3 Å². The van der Waals surface area contributed by atoms with Crippen LogP contribution in [0.15, 0.2) is 54.6 Å². The molecule has 1 aliphatic carbocycles. The zero-order chi connectivity index (χ0) is 27.3. The van der Waals surface area contributed by atoms with E-state index in [1.54, 1.807) is 36.2 Å². The summed E-state index contributed by atoms with van der Waals surface area (Å²) in [6.07, 6.45) is 4.34. The average Bonchev–Trinajstić information content (AvgIpc) is 3.69. The Bertz CT molecular complexity index is 1200. The van der Waals surface area contributed by atoms with Crippen LogP contribution in [0.5, 0.6) is 0 Å². The lowest BCUT2D eigenvalue weighted by atomic mass is 10.0. The van der Waals surface area contributed by atoms with E-state index in [4.69, 9.17) is 0 Å². The fourth-order valence-corrected chi connectivity index (χ4v) is 5.94. The van der Waals surface area contributed by atoms with Crippen LogP contribution in [0.3, 0.4) is 0 Å². The number of carbonyl (C=O) groups excluding carboxylic acids is 2. The molecule has 2 aliphatic rings. The van der Waals surface area contributed by atoms with Gasteiger partial charge in [0.2, 0.25) is 15.9 Å². The summed E-state index contributed by atoms with van der Waals surface area (Å²) in [6.45, 7) is 1.93. The van der Waals surface area contributed by atoms with Gasteiger partial charge in [0.15, 0.2) is 0 Å². The van der Waals surface area contributed by atoms with Crippen LogP contribution in [-0.4, -0.2) is 92.4 Å². The lowest BCUT2D eigenvalue weighted by Gasteiger charge is -2.37. The largest absolute Gasteiger partial charge is 0.338 e. The minimum atomic E-state index is -3.30. The maximum atomic E-state index is 13.6. The molecule has 1 N–H and O–H groups in total. The third kappa shape index (κ3) is 7.18. The molecule has 2 amide bonds. The fraction of sp³-hybridized carbons (Fsp3) is 0.500. The van der Waals surface area contributed by atoms with Crippen LogP contribution in [0.1, 0.15) is 47.5 Å². The molecule has 2 aromatic rings. The molecule has 0 aromatic heterocycles. The molecule has 2 aromatic carbocycles. The average molecular weight is 545 g/mol. The van der Waals surface area contributed by atoms with E-state index < -0.39 is 16.1 Å². The van der Waals surface area contributed by atoms with Crippen molar-refractivity contribution in [3.05, 3.63) is 71.5 Å². The van der Waals surface area contributed by atoms with Gasteiger partial charge >= 0.3 is 0 Å².